The summed E-state index contributed by atoms with van der Waals surface area (Å²) in [6.07, 6.45) is 2.45. The Balaban J connectivity index is 2.15. The lowest BCUT2D eigenvalue weighted by atomic mass is 9.61. The van der Waals surface area contributed by atoms with E-state index in [1.165, 1.54) is 0 Å². The van der Waals surface area contributed by atoms with Gasteiger partial charge in [-0.2, -0.15) is 0 Å². The minimum absolute atomic E-state index is 0.0512. The van der Waals surface area contributed by atoms with Crippen LogP contribution in [0.4, 0.5) is 0 Å². The Morgan fingerprint density at radius 2 is 2.06 bits per heavy atom. The highest BCUT2D eigenvalue weighted by molar-refractivity contribution is 6.07. The Hall–Kier alpha value is -1.26. The van der Waals surface area contributed by atoms with Crippen LogP contribution in [0.1, 0.15) is 33.1 Å². The Morgan fingerprint density at radius 1 is 1.41 bits per heavy atom. The minimum atomic E-state index is -0.724. The van der Waals surface area contributed by atoms with Gasteiger partial charge >= 0.3 is 0 Å². The third kappa shape index (κ3) is 1.87. The summed E-state index contributed by atoms with van der Waals surface area (Å²) in [7, 11) is 0. The molecular weight excluding hydrogens is 218 g/mol. The lowest BCUT2D eigenvalue weighted by molar-refractivity contribution is -0.143. The van der Waals surface area contributed by atoms with Gasteiger partial charge in [-0.1, -0.05) is 19.0 Å². The molecule has 2 fully saturated rings. The van der Waals surface area contributed by atoms with Crippen molar-refractivity contribution in [1.82, 2.24) is 4.90 Å². The lowest BCUT2D eigenvalue weighted by Crippen LogP contribution is -2.57. The zero-order valence-corrected chi connectivity index (χ0v) is 10.5. The van der Waals surface area contributed by atoms with Gasteiger partial charge in [0.2, 0.25) is 5.91 Å². The molecule has 2 rings (SSSR count). The molecule has 0 bridgehead atoms. The van der Waals surface area contributed by atoms with E-state index in [0.29, 0.717) is 24.7 Å². The number of carbonyl (C=O) groups excluding carboxylic acids is 1. The summed E-state index contributed by atoms with van der Waals surface area (Å²) in [4.78, 5) is 14.4. The molecule has 1 unspecified atom stereocenters. The van der Waals surface area contributed by atoms with Crippen LogP contribution in [-0.4, -0.2) is 34.9 Å². The van der Waals surface area contributed by atoms with E-state index in [9.17, 15) is 4.79 Å². The Labute approximate surface area is 102 Å². The molecule has 0 spiro atoms. The molecule has 5 heteroatoms. The molecule has 5 nitrogen and oxygen atoms in total. The van der Waals surface area contributed by atoms with E-state index in [4.69, 9.17) is 10.9 Å². The number of nitrogens with zero attached hydrogens (tertiary/aromatic N) is 2. The lowest BCUT2D eigenvalue weighted by Gasteiger charge is -2.45. The van der Waals surface area contributed by atoms with Crippen LogP contribution in [0.25, 0.3) is 0 Å². The van der Waals surface area contributed by atoms with E-state index in [1.54, 1.807) is 0 Å². The van der Waals surface area contributed by atoms with E-state index in [1.807, 2.05) is 4.90 Å². The topological polar surface area (TPSA) is 78.9 Å². The van der Waals surface area contributed by atoms with Crippen LogP contribution in [0.3, 0.4) is 0 Å². The van der Waals surface area contributed by atoms with Crippen LogP contribution in [0.15, 0.2) is 5.16 Å². The van der Waals surface area contributed by atoms with Gasteiger partial charge in [-0.25, -0.2) is 0 Å². The normalized spacial score (nSPS) is 38.0. The fraction of sp³-hybridized carbons (Fsp3) is 0.833. The maximum atomic E-state index is 12.5. The zero-order valence-electron chi connectivity index (χ0n) is 10.5. The third-order valence-corrected chi connectivity index (χ3v) is 4.11. The number of rotatable bonds is 2. The number of amidine groups is 1. The van der Waals surface area contributed by atoms with Crippen molar-refractivity contribution >= 4 is 11.7 Å². The number of likely N-dealkylation sites (tertiary alicyclic amines) is 1. The van der Waals surface area contributed by atoms with Crippen molar-refractivity contribution in [1.29, 1.82) is 0 Å². The average Bonchev–Trinajstić information content (AvgIpc) is 2.69. The Morgan fingerprint density at radius 3 is 2.47 bits per heavy atom. The van der Waals surface area contributed by atoms with Crippen LogP contribution in [0.5, 0.6) is 0 Å². The first-order valence-electron chi connectivity index (χ1n) is 6.27. The van der Waals surface area contributed by atoms with Crippen molar-refractivity contribution in [2.75, 3.05) is 13.1 Å². The highest BCUT2D eigenvalue weighted by Crippen LogP contribution is 2.47. The standard InChI is InChI=1S/C12H21N3O2/c1-8-3-4-15(7-8)11(16)12(10(13)14-17)5-9(2)6-12/h8-9,17H,3-7H2,1-2H3,(H2,13,14). The van der Waals surface area contributed by atoms with Crippen LogP contribution in [0, 0.1) is 17.3 Å². The van der Waals surface area contributed by atoms with Crippen LogP contribution < -0.4 is 5.73 Å². The van der Waals surface area contributed by atoms with E-state index in [-0.39, 0.29) is 11.7 Å². The molecule has 1 amide bonds. The molecule has 1 saturated heterocycles. The first-order chi connectivity index (χ1) is 7.99. The van der Waals surface area contributed by atoms with Crippen LogP contribution in [-0.2, 0) is 4.79 Å². The van der Waals surface area contributed by atoms with Gasteiger partial charge in [-0.15, -0.1) is 0 Å². The molecule has 96 valence electrons. The average molecular weight is 239 g/mol. The van der Waals surface area contributed by atoms with Gasteiger partial charge in [-0.05, 0) is 31.1 Å². The van der Waals surface area contributed by atoms with Gasteiger partial charge < -0.3 is 15.8 Å². The van der Waals surface area contributed by atoms with Gasteiger partial charge in [0.05, 0.1) is 0 Å². The second-order valence-electron chi connectivity index (χ2n) is 5.73. The highest BCUT2D eigenvalue weighted by atomic mass is 16.4. The second-order valence-corrected chi connectivity index (χ2v) is 5.73. The second kappa shape index (κ2) is 4.20. The predicted molar refractivity (Wildman–Crippen MR) is 64.6 cm³/mol. The summed E-state index contributed by atoms with van der Waals surface area (Å²) < 4.78 is 0. The molecular formula is C12H21N3O2. The minimum Gasteiger partial charge on any atom is -0.409 e. The predicted octanol–water partition coefficient (Wildman–Crippen LogP) is 1.02. The molecule has 1 heterocycles. The summed E-state index contributed by atoms with van der Waals surface area (Å²) >= 11 is 0. The van der Waals surface area contributed by atoms with E-state index in [2.05, 4.69) is 19.0 Å². The van der Waals surface area contributed by atoms with Crippen molar-refractivity contribution in [2.24, 2.45) is 28.1 Å². The molecule has 3 N–H and O–H groups in total. The first kappa shape index (κ1) is 12.2. The molecule has 0 aromatic rings. The van der Waals surface area contributed by atoms with Gasteiger partial charge in [0.25, 0.3) is 0 Å². The highest BCUT2D eigenvalue weighted by Gasteiger charge is 2.54. The molecule has 1 atom stereocenters. The number of amides is 1. The summed E-state index contributed by atoms with van der Waals surface area (Å²) in [6.45, 7) is 5.83. The summed E-state index contributed by atoms with van der Waals surface area (Å²) in [5.74, 6) is 1.16. The first-order valence-corrected chi connectivity index (χ1v) is 6.27. The van der Waals surface area contributed by atoms with Gasteiger partial charge in [0.15, 0.2) is 5.84 Å². The van der Waals surface area contributed by atoms with Crippen molar-refractivity contribution in [2.45, 2.75) is 33.1 Å². The Kier molecular flexibility index (Phi) is 3.02. The van der Waals surface area contributed by atoms with Gasteiger partial charge in [0.1, 0.15) is 5.41 Å². The number of oxime groups is 1. The monoisotopic (exact) mass is 239 g/mol. The Bertz CT molecular complexity index is 348. The van der Waals surface area contributed by atoms with Crippen molar-refractivity contribution in [3.63, 3.8) is 0 Å². The fourth-order valence-corrected chi connectivity index (χ4v) is 3.14. The number of hydrogen-bond donors (Lipinski definition) is 2. The third-order valence-electron chi connectivity index (χ3n) is 4.11. The summed E-state index contributed by atoms with van der Waals surface area (Å²) in [5.41, 5.74) is 5.01. The zero-order chi connectivity index (χ0) is 12.6. The SMILES string of the molecule is CC1CCN(C(=O)C2(C(N)=NO)CC(C)C2)C1. The van der Waals surface area contributed by atoms with E-state index in [0.717, 1.165) is 19.5 Å². The molecule has 0 aromatic heterocycles. The van der Waals surface area contributed by atoms with Gasteiger partial charge in [-0.3, -0.25) is 4.79 Å². The van der Waals surface area contributed by atoms with Crippen LogP contribution >= 0.6 is 0 Å². The maximum absolute atomic E-state index is 12.5. The molecule has 2 aliphatic rings. The molecule has 0 radical (unpaired) electrons. The van der Waals surface area contributed by atoms with Gasteiger partial charge in [0, 0.05) is 13.1 Å². The molecule has 1 aliphatic heterocycles. The van der Waals surface area contributed by atoms with Crippen LogP contribution in [0.2, 0.25) is 0 Å². The maximum Gasteiger partial charge on any atom is 0.236 e. The fourth-order valence-electron chi connectivity index (χ4n) is 3.14. The van der Waals surface area contributed by atoms with E-state index < -0.39 is 5.41 Å². The molecule has 0 aromatic carbocycles. The molecule has 1 aliphatic carbocycles. The van der Waals surface area contributed by atoms with Crippen molar-refractivity contribution in [3.8, 4) is 0 Å². The quantitative estimate of drug-likeness (QED) is 0.327. The largest absolute Gasteiger partial charge is 0.409 e. The van der Waals surface area contributed by atoms with Crippen molar-refractivity contribution < 1.29 is 10.0 Å². The molecule has 17 heavy (non-hydrogen) atoms. The molecule has 1 saturated carbocycles. The van der Waals surface area contributed by atoms with Crippen molar-refractivity contribution in [3.05, 3.63) is 0 Å². The summed E-state index contributed by atoms with van der Waals surface area (Å²) in [6, 6.07) is 0. The smallest absolute Gasteiger partial charge is 0.236 e. The number of nitrogens with two attached hydrogens (primary N) is 1. The number of carbonyl (C=O) groups is 1. The summed E-state index contributed by atoms with van der Waals surface area (Å²) in [5, 5.41) is 11.9. The number of hydrogen-bond acceptors (Lipinski definition) is 3. The van der Waals surface area contributed by atoms with E-state index >= 15 is 0 Å².